The summed E-state index contributed by atoms with van der Waals surface area (Å²) in [5.74, 6) is -1.10. The Hall–Kier alpha value is -1.38. The van der Waals surface area contributed by atoms with E-state index in [1.165, 1.54) is 24.0 Å². The molecule has 1 heterocycles. The van der Waals surface area contributed by atoms with E-state index in [0.29, 0.717) is 6.61 Å². The minimum atomic E-state index is -1.10. The molecule has 0 aliphatic carbocycles. The number of hydrogen-bond acceptors (Lipinski definition) is 5. The second-order valence-corrected chi connectivity index (χ2v) is 4.39. The van der Waals surface area contributed by atoms with E-state index >= 15 is 0 Å². The highest BCUT2D eigenvalue weighted by Crippen LogP contribution is 2.10. The van der Waals surface area contributed by atoms with E-state index in [9.17, 15) is 14.7 Å². The lowest BCUT2D eigenvalue weighted by Gasteiger charge is -2.36. The Bertz CT molecular complexity index is 324. The molecule has 0 bridgehead atoms. The van der Waals surface area contributed by atoms with Crippen molar-refractivity contribution in [3.63, 3.8) is 0 Å². The highest BCUT2D eigenvalue weighted by Gasteiger charge is 2.34. The number of amides is 2. The Kier molecular flexibility index (Phi) is 6.00. The summed E-state index contributed by atoms with van der Waals surface area (Å²) in [6.07, 6.45) is -0.803. The van der Waals surface area contributed by atoms with Crippen LogP contribution in [0.2, 0.25) is 0 Å². The van der Waals surface area contributed by atoms with Crippen molar-refractivity contribution in [3.05, 3.63) is 0 Å². The van der Waals surface area contributed by atoms with E-state index in [0.717, 1.165) is 0 Å². The van der Waals surface area contributed by atoms with Crippen LogP contribution >= 0.6 is 0 Å². The lowest BCUT2D eigenvalue weighted by Crippen LogP contribution is -2.56. The van der Waals surface area contributed by atoms with Crippen molar-refractivity contribution in [3.8, 4) is 0 Å². The van der Waals surface area contributed by atoms with Crippen molar-refractivity contribution in [2.24, 2.45) is 0 Å². The molecule has 2 atom stereocenters. The third-order valence-corrected chi connectivity index (χ3v) is 2.83. The van der Waals surface area contributed by atoms with Gasteiger partial charge >= 0.3 is 12.0 Å². The van der Waals surface area contributed by atoms with Gasteiger partial charge in [-0.3, -0.25) is 0 Å². The van der Waals surface area contributed by atoms with Crippen LogP contribution in [-0.2, 0) is 14.3 Å². The number of aliphatic carboxylic acids is 1. The maximum Gasteiger partial charge on any atom is 0.328 e. The van der Waals surface area contributed by atoms with Gasteiger partial charge in [0.25, 0.3) is 0 Å². The van der Waals surface area contributed by atoms with Gasteiger partial charge in [0.1, 0.15) is 0 Å². The minimum absolute atomic E-state index is 0.0183. The molecule has 2 amide bonds. The molecule has 2 N–H and O–H groups in total. The number of nitrogens with zero attached hydrogens (tertiary/aromatic N) is 2. The number of urea groups is 1. The molecule has 0 saturated carbocycles. The van der Waals surface area contributed by atoms with Crippen LogP contribution in [0.4, 0.5) is 4.79 Å². The minimum Gasteiger partial charge on any atom is -0.480 e. The first-order chi connectivity index (χ1) is 8.97. The zero-order chi connectivity index (χ0) is 14.4. The van der Waals surface area contributed by atoms with Crippen molar-refractivity contribution in [1.82, 2.24) is 9.80 Å². The fraction of sp³-hybridized carbons (Fsp3) is 0.818. The molecule has 1 fully saturated rings. The molecule has 0 radical (unpaired) electrons. The molecule has 1 rings (SSSR count). The second-order valence-electron chi connectivity index (χ2n) is 4.39. The monoisotopic (exact) mass is 276 g/mol. The summed E-state index contributed by atoms with van der Waals surface area (Å²) in [7, 11) is 2.96. The Morgan fingerprint density at radius 1 is 1.58 bits per heavy atom. The van der Waals surface area contributed by atoms with Crippen LogP contribution in [0.3, 0.4) is 0 Å². The molecule has 0 aromatic carbocycles. The summed E-state index contributed by atoms with van der Waals surface area (Å²) < 4.78 is 9.83. The average Bonchev–Trinajstić information content (AvgIpc) is 2.37. The van der Waals surface area contributed by atoms with Crippen molar-refractivity contribution in [2.45, 2.75) is 12.1 Å². The summed E-state index contributed by atoms with van der Waals surface area (Å²) >= 11 is 0. The molecule has 1 aliphatic rings. The third-order valence-electron chi connectivity index (χ3n) is 2.83. The van der Waals surface area contributed by atoms with Crippen LogP contribution in [0.15, 0.2) is 0 Å². The van der Waals surface area contributed by atoms with Crippen LogP contribution in [-0.4, -0.2) is 91.2 Å². The van der Waals surface area contributed by atoms with Crippen LogP contribution in [0, 0.1) is 0 Å². The van der Waals surface area contributed by atoms with Gasteiger partial charge in [-0.1, -0.05) is 0 Å². The smallest absolute Gasteiger partial charge is 0.328 e. The molecule has 0 aromatic heterocycles. The van der Waals surface area contributed by atoms with Gasteiger partial charge in [0.15, 0.2) is 6.04 Å². The predicted molar refractivity (Wildman–Crippen MR) is 64.9 cm³/mol. The summed E-state index contributed by atoms with van der Waals surface area (Å²) in [5, 5.41) is 18.6. The first kappa shape index (κ1) is 15.7. The van der Waals surface area contributed by atoms with E-state index in [1.54, 1.807) is 0 Å². The highest BCUT2D eigenvalue weighted by atomic mass is 16.5. The van der Waals surface area contributed by atoms with Crippen molar-refractivity contribution < 1.29 is 29.3 Å². The molecule has 110 valence electrons. The first-order valence-electron chi connectivity index (χ1n) is 5.96. The molecule has 8 nitrogen and oxygen atoms in total. The number of carboxylic acids is 1. The van der Waals surface area contributed by atoms with Crippen LogP contribution in [0.1, 0.15) is 0 Å². The van der Waals surface area contributed by atoms with Gasteiger partial charge < -0.3 is 29.5 Å². The van der Waals surface area contributed by atoms with Gasteiger partial charge in [-0.05, 0) is 0 Å². The lowest BCUT2D eigenvalue weighted by atomic mass is 10.2. The SMILES string of the molecule is COCC(O)CN(C)C(=O)N1CCOCC1C(=O)O. The summed E-state index contributed by atoms with van der Waals surface area (Å²) in [6.45, 7) is 0.708. The number of rotatable bonds is 5. The van der Waals surface area contributed by atoms with Crippen molar-refractivity contribution in [1.29, 1.82) is 0 Å². The zero-order valence-corrected chi connectivity index (χ0v) is 11.1. The number of carbonyl (C=O) groups is 2. The van der Waals surface area contributed by atoms with Gasteiger partial charge in [-0.25, -0.2) is 9.59 Å². The molecule has 0 spiro atoms. The second kappa shape index (κ2) is 7.27. The maximum atomic E-state index is 12.1. The lowest BCUT2D eigenvalue weighted by molar-refractivity contribution is -0.147. The van der Waals surface area contributed by atoms with Gasteiger partial charge in [-0.2, -0.15) is 0 Å². The number of carbonyl (C=O) groups excluding carboxylic acids is 1. The third kappa shape index (κ3) is 4.34. The standard InChI is InChI=1S/C11H20N2O6/c1-12(5-8(14)6-18-2)11(17)13-3-4-19-7-9(13)10(15)16/h8-9,14H,3-7H2,1-2H3,(H,15,16). The number of ether oxygens (including phenoxy) is 2. The molecule has 8 heteroatoms. The Labute approximate surface area is 111 Å². The first-order valence-corrected chi connectivity index (χ1v) is 5.96. The molecule has 2 unspecified atom stereocenters. The number of hydrogen-bond donors (Lipinski definition) is 2. The fourth-order valence-corrected chi connectivity index (χ4v) is 1.90. The zero-order valence-electron chi connectivity index (χ0n) is 11.1. The van der Waals surface area contributed by atoms with E-state index in [4.69, 9.17) is 14.6 Å². The highest BCUT2D eigenvalue weighted by molar-refractivity contribution is 5.83. The normalized spacial score (nSPS) is 21.0. The maximum absolute atomic E-state index is 12.1. The van der Waals surface area contributed by atoms with E-state index in [-0.39, 0.29) is 26.3 Å². The molecule has 19 heavy (non-hydrogen) atoms. The Morgan fingerprint density at radius 3 is 2.84 bits per heavy atom. The molecule has 1 saturated heterocycles. The Balaban J connectivity index is 2.60. The number of aliphatic hydroxyl groups excluding tert-OH is 1. The number of methoxy groups -OCH3 is 1. The molecule has 0 aromatic rings. The quantitative estimate of drug-likeness (QED) is 0.656. The Morgan fingerprint density at radius 2 is 2.26 bits per heavy atom. The van der Waals surface area contributed by atoms with Crippen LogP contribution in [0.5, 0.6) is 0 Å². The summed E-state index contributed by atoms with van der Waals surface area (Å²) in [5.41, 5.74) is 0. The average molecular weight is 276 g/mol. The largest absolute Gasteiger partial charge is 0.480 e. The predicted octanol–water partition coefficient (Wildman–Crippen LogP) is -1.17. The van der Waals surface area contributed by atoms with Gasteiger partial charge in [0.05, 0.1) is 32.5 Å². The fourth-order valence-electron chi connectivity index (χ4n) is 1.90. The number of likely N-dealkylation sites (N-methyl/N-ethyl adjacent to an activating group) is 1. The van der Waals surface area contributed by atoms with E-state index < -0.39 is 24.1 Å². The van der Waals surface area contributed by atoms with E-state index in [2.05, 4.69) is 0 Å². The van der Waals surface area contributed by atoms with Gasteiger partial charge in [0.2, 0.25) is 0 Å². The van der Waals surface area contributed by atoms with Crippen LogP contribution in [0.25, 0.3) is 0 Å². The molecular formula is C11H20N2O6. The molecular weight excluding hydrogens is 256 g/mol. The number of aliphatic hydroxyl groups is 1. The van der Waals surface area contributed by atoms with Crippen molar-refractivity contribution in [2.75, 3.05) is 47.1 Å². The summed E-state index contributed by atoms with van der Waals surface area (Å²) in [4.78, 5) is 25.7. The van der Waals surface area contributed by atoms with Crippen molar-refractivity contribution >= 4 is 12.0 Å². The van der Waals surface area contributed by atoms with E-state index in [1.807, 2.05) is 0 Å². The number of morpholine rings is 1. The summed E-state index contributed by atoms with van der Waals surface area (Å²) in [6, 6.07) is -1.42. The number of carboxylic acid groups (broad SMARTS) is 1. The van der Waals surface area contributed by atoms with Gasteiger partial charge in [-0.15, -0.1) is 0 Å². The topological polar surface area (TPSA) is 99.5 Å². The molecule has 1 aliphatic heterocycles. The van der Waals surface area contributed by atoms with Crippen LogP contribution < -0.4 is 0 Å². The van der Waals surface area contributed by atoms with Gasteiger partial charge in [0, 0.05) is 20.7 Å².